The Hall–Kier alpha value is -1.16. The molecule has 1 fully saturated rings. The molecule has 1 heterocycles. The monoisotopic (exact) mass is 1050 g/mol. The number of allylic oxidation sites excluding steroid dienone is 2. The van der Waals surface area contributed by atoms with Crippen molar-refractivity contribution in [2.75, 3.05) is 13.2 Å². The highest BCUT2D eigenvalue weighted by Crippen LogP contribution is 2.26. The summed E-state index contributed by atoms with van der Waals surface area (Å²) in [6, 6.07) is -0.858. The molecule has 6 N–H and O–H groups in total. The van der Waals surface area contributed by atoms with Crippen LogP contribution in [0.15, 0.2) is 12.2 Å². The summed E-state index contributed by atoms with van der Waals surface area (Å²) in [5.74, 6) is -0.226. The predicted octanol–water partition coefficient (Wildman–Crippen LogP) is 14.6. The van der Waals surface area contributed by atoms with E-state index in [-0.39, 0.29) is 12.5 Å². The summed E-state index contributed by atoms with van der Waals surface area (Å²) in [7, 11) is -5.08. The van der Waals surface area contributed by atoms with Crippen molar-refractivity contribution < 1.29 is 51.8 Å². The molecular formula is C59H115NO11S. The number of carbonyl (C=O) groups is 1. The zero-order valence-electron chi connectivity index (χ0n) is 46.5. The minimum atomic E-state index is -5.08. The molecule has 13 heteroatoms. The van der Waals surface area contributed by atoms with E-state index < -0.39 is 59.9 Å². The van der Waals surface area contributed by atoms with Crippen molar-refractivity contribution in [2.45, 2.75) is 346 Å². The quantitative estimate of drug-likeness (QED) is 0.0193. The molecule has 0 aromatic rings. The van der Waals surface area contributed by atoms with Crippen LogP contribution in [0.2, 0.25) is 0 Å². The van der Waals surface area contributed by atoms with E-state index in [1.807, 2.05) is 0 Å². The Morgan fingerprint density at radius 2 is 0.889 bits per heavy atom. The van der Waals surface area contributed by atoms with Crippen LogP contribution in [0.25, 0.3) is 0 Å². The Labute approximate surface area is 442 Å². The number of aliphatic hydroxyl groups is 4. The van der Waals surface area contributed by atoms with Crippen molar-refractivity contribution in [1.82, 2.24) is 5.32 Å². The topological polar surface area (TPSA) is 192 Å². The Balaban J connectivity index is 2.32. The number of rotatable bonds is 54. The van der Waals surface area contributed by atoms with Gasteiger partial charge in [-0.1, -0.05) is 270 Å². The fourth-order valence-corrected chi connectivity index (χ4v) is 10.6. The number of nitrogens with one attached hydrogen (secondary N) is 1. The first-order chi connectivity index (χ1) is 35.0. The van der Waals surface area contributed by atoms with Crippen LogP contribution in [-0.2, 0) is 28.9 Å². The lowest BCUT2D eigenvalue weighted by Gasteiger charge is -2.41. The predicted molar refractivity (Wildman–Crippen MR) is 296 cm³/mol. The van der Waals surface area contributed by atoms with Crippen molar-refractivity contribution in [3.05, 3.63) is 12.2 Å². The van der Waals surface area contributed by atoms with Crippen LogP contribution in [0, 0.1) is 0 Å². The molecule has 428 valence electrons. The molecule has 1 saturated heterocycles. The summed E-state index contributed by atoms with van der Waals surface area (Å²) in [5, 5.41) is 45.2. The molecule has 1 aliphatic rings. The lowest BCUT2D eigenvalue weighted by atomic mass is 9.99. The fourth-order valence-electron chi connectivity index (χ4n) is 10.1. The van der Waals surface area contributed by atoms with Crippen LogP contribution in [0.1, 0.15) is 303 Å². The molecule has 0 aromatic carbocycles. The molecule has 72 heavy (non-hydrogen) atoms. The summed E-state index contributed by atoms with van der Waals surface area (Å²) in [6.07, 6.45) is 50.8. The van der Waals surface area contributed by atoms with Crippen molar-refractivity contribution >= 4 is 16.3 Å². The molecule has 7 unspecified atom stereocenters. The average molecular weight is 1050 g/mol. The maximum atomic E-state index is 13.2. The van der Waals surface area contributed by atoms with Gasteiger partial charge in [-0.2, -0.15) is 8.42 Å². The lowest BCUT2D eigenvalue weighted by molar-refractivity contribution is -0.298. The molecular weight excluding hydrogens is 931 g/mol. The normalized spacial score (nSPS) is 19.3. The van der Waals surface area contributed by atoms with Gasteiger partial charge in [-0.05, 0) is 38.5 Å². The first-order valence-electron chi connectivity index (χ1n) is 30.6. The molecule has 1 aliphatic heterocycles. The maximum Gasteiger partial charge on any atom is 0.397 e. The minimum Gasteiger partial charge on any atom is -0.394 e. The molecule has 0 saturated carbocycles. The van der Waals surface area contributed by atoms with E-state index in [2.05, 4.69) is 35.5 Å². The second kappa shape index (κ2) is 49.4. The number of aliphatic hydroxyl groups excluding tert-OH is 4. The van der Waals surface area contributed by atoms with Crippen LogP contribution >= 0.6 is 0 Å². The van der Waals surface area contributed by atoms with Crippen molar-refractivity contribution in [3.8, 4) is 0 Å². The van der Waals surface area contributed by atoms with Gasteiger partial charge in [0.15, 0.2) is 6.29 Å². The molecule has 0 spiro atoms. The summed E-state index contributed by atoms with van der Waals surface area (Å²) >= 11 is 0. The molecule has 0 radical (unpaired) electrons. The van der Waals surface area contributed by atoms with Gasteiger partial charge in [0.2, 0.25) is 5.91 Å². The molecule has 1 amide bonds. The first kappa shape index (κ1) is 68.9. The van der Waals surface area contributed by atoms with Crippen LogP contribution < -0.4 is 5.32 Å². The number of amides is 1. The van der Waals surface area contributed by atoms with E-state index in [1.54, 1.807) is 0 Å². The second-order valence-corrected chi connectivity index (χ2v) is 22.7. The van der Waals surface area contributed by atoms with Crippen LogP contribution in [0.5, 0.6) is 0 Å². The van der Waals surface area contributed by atoms with Crippen molar-refractivity contribution in [3.63, 3.8) is 0 Å². The Kier molecular flexibility index (Phi) is 47.3. The third kappa shape index (κ3) is 41.1. The Morgan fingerprint density at radius 3 is 1.25 bits per heavy atom. The van der Waals surface area contributed by atoms with Gasteiger partial charge in [0, 0.05) is 6.42 Å². The molecule has 12 nitrogen and oxygen atoms in total. The highest BCUT2D eigenvalue weighted by Gasteiger charge is 2.48. The summed E-state index contributed by atoms with van der Waals surface area (Å²) < 4.78 is 48.0. The van der Waals surface area contributed by atoms with Gasteiger partial charge in [0.05, 0.1) is 25.4 Å². The van der Waals surface area contributed by atoms with Gasteiger partial charge in [-0.25, -0.2) is 4.18 Å². The molecule has 1 rings (SSSR count). The van der Waals surface area contributed by atoms with E-state index >= 15 is 0 Å². The molecule has 0 bridgehead atoms. The highest BCUT2D eigenvalue weighted by molar-refractivity contribution is 7.80. The van der Waals surface area contributed by atoms with Gasteiger partial charge in [-0.3, -0.25) is 9.35 Å². The first-order valence-corrected chi connectivity index (χ1v) is 31.9. The third-order valence-electron chi connectivity index (χ3n) is 14.8. The summed E-state index contributed by atoms with van der Waals surface area (Å²) in [4.78, 5) is 13.2. The molecule has 0 aliphatic carbocycles. The number of hydrogen-bond acceptors (Lipinski definition) is 10. The number of ether oxygens (including phenoxy) is 2. The zero-order chi connectivity index (χ0) is 52.6. The molecule has 7 atom stereocenters. The van der Waals surface area contributed by atoms with Crippen LogP contribution in [0.3, 0.4) is 0 Å². The van der Waals surface area contributed by atoms with E-state index in [1.165, 1.54) is 225 Å². The zero-order valence-corrected chi connectivity index (χ0v) is 47.3. The van der Waals surface area contributed by atoms with Crippen molar-refractivity contribution in [1.29, 1.82) is 0 Å². The second-order valence-electron chi connectivity index (χ2n) is 21.6. The standard InChI is InChI=1S/C59H115NO11S/c1-3-5-7-9-11-13-15-17-19-21-23-25-26-27-28-29-31-33-35-37-39-41-43-45-47-49-55(63)60-52(51-69-59-57(65)58(71-72(66,67)68)56(64)54(50-61)70-59)53(62)48-46-44-42-40-38-36-34-32-30-24-22-20-18-16-14-12-10-8-6-4-2/h27-28,52-54,56-59,61-62,64-65H,3-26,29-51H2,1-2H3,(H,60,63)(H,66,67,68)/b28-27-. The van der Waals surface area contributed by atoms with E-state index in [4.69, 9.17) is 9.47 Å². The fraction of sp³-hybridized carbons (Fsp3) is 0.949. The summed E-state index contributed by atoms with van der Waals surface area (Å²) in [6.45, 7) is 3.50. The lowest BCUT2D eigenvalue weighted by Crippen LogP contribution is -2.61. The van der Waals surface area contributed by atoms with Gasteiger partial charge >= 0.3 is 10.4 Å². The van der Waals surface area contributed by atoms with Gasteiger partial charge in [-0.15, -0.1) is 0 Å². The largest absolute Gasteiger partial charge is 0.397 e. The maximum absolute atomic E-state index is 13.2. The molecule has 0 aromatic heterocycles. The summed E-state index contributed by atoms with van der Waals surface area (Å²) in [5.41, 5.74) is 0. The smallest absolute Gasteiger partial charge is 0.394 e. The average Bonchev–Trinajstić information content (AvgIpc) is 3.36. The van der Waals surface area contributed by atoms with Crippen LogP contribution in [-0.4, -0.2) is 95.4 Å². The van der Waals surface area contributed by atoms with E-state index in [0.717, 1.165) is 51.4 Å². The SMILES string of the molecule is CCCCCCCCCCCCCC/C=C\CCCCCCCCCCCC(=O)NC(COC1OC(CO)C(O)C(OS(=O)(=O)O)C1O)C(O)CCCCCCCCCCCCCCCCCCCCCC. The van der Waals surface area contributed by atoms with E-state index in [9.17, 15) is 38.2 Å². The number of carbonyl (C=O) groups excluding carboxylic acids is 1. The third-order valence-corrected chi connectivity index (χ3v) is 15.3. The van der Waals surface area contributed by atoms with Gasteiger partial charge in [0.1, 0.15) is 24.4 Å². The number of unbranched alkanes of at least 4 members (excludes halogenated alkanes) is 40. The Morgan fingerprint density at radius 1 is 0.542 bits per heavy atom. The van der Waals surface area contributed by atoms with Gasteiger partial charge in [0.25, 0.3) is 0 Å². The number of hydrogen-bond donors (Lipinski definition) is 6. The van der Waals surface area contributed by atoms with Gasteiger partial charge < -0.3 is 35.2 Å². The highest BCUT2D eigenvalue weighted by atomic mass is 32.3. The Bertz CT molecular complexity index is 1320. The van der Waals surface area contributed by atoms with Crippen molar-refractivity contribution in [2.24, 2.45) is 0 Å². The van der Waals surface area contributed by atoms with Crippen LogP contribution in [0.4, 0.5) is 0 Å². The van der Waals surface area contributed by atoms with E-state index in [0.29, 0.717) is 12.8 Å². The minimum absolute atomic E-state index is 0.226.